The van der Waals surface area contributed by atoms with Gasteiger partial charge in [0.1, 0.15) is 0 Å². The van der Waals surface area contributed by atoms with E-state index in [2.05, 4.69) is 10.4 Å². The maximum atomic E-state index is 13.8. The van der Waals surface area contributed by atoms with Crippen LogP contribution < -0.4 is 5.32 Å². The molecule has 0 saturated carbocycles. The van der Waals surface area contributed by atoms with Gasteiger partial charge in [-0.05, 0) is 20.0 Å². The minimum Gasteiger partial charge on any atom is -0.309 e. The van der Waals surface area contributed by atoms with Gasteiger partial charge in [0, 0.05) is 23.9 Å². The van der Waals surface area contributed by atoms with E-state index < -0.39 is 17.7 Å². The Kier molecular flexibility index (Phi) is 3.72. The number of aromatic nitrogens is 2. The molecule has 0 aliphatic carbocycles. The molecule has 2 aromatic rings. The summed E-state index contributed by atoms with van der Waals surface area (Å²) in [4.78, 5) is 0. The lowest BCUT2D eigenvalue weighted by Crippen LogP contribution is -2.19. The number of nitrogens with one attached hydrogen (secondary N) is 1. The summed E-state index contributed by atoms with van der Waals surface area (Å²) in [7, 11) is 1.71. The first kappa shape index (κ1) is 12.7. The fourth-order valence-corrected chi connectivity index (χ4v) is 1.95. The molecule has 2 rings (SSSR count). The van der Waals surface area contributed by atoms with Gasteiger partial charge in [0.25, 0.3) is 0 Å². The van der Waals surface area contributed by atoms with E-state index in [0.29, 0.717) is 0 Å². The van der Waals surface area contributed by atoms with Gasteiger partial charge in [0.2, 0.25) is 0 Å². The van der Waals surface area contributed by atoms with E-state index in [4.69, 9.17) is 0 Å². The molecule has 3 nitrogen and oxygen atoms in total. The summed E-state index contributed by atoms with van der Waals surface area (Å²) in [5, 5.41) is 7.12. The second kappa shape index (κ2) is 5.27. The van der Waals surface area contributed by atoms with E-state index in [0.717, 1.165) is 18.2 Å². The second-order valence-electron chi connectivity index (χ2n) is 3.99. The standard InChI is InChI=1S/C13H15F2N3/c1-3-18-8-9(7-17-18)13(16-2)10-5-4-6-11(14)12(10)15/h4-8,13,16H,3H2,1-2H3. The van der Waals surface area contributed by atoms with E-state index in [1.54, 1.807) is 24.0 Å². The van der Waals surface area contributed by atoms with E-state index in [9.17, 15) is 8.78 Å². The van der Waals surface area contributed by atoms with Crippen molar-refractivity contribution in [2.75, 3.05) is 7.05 Å². The van der Waals surface area contributed by atoms with Crippen molar-refractivity contribution in [3.63, 3.8) is 0 Å². The summed E-state index contributed by atoms with van der Waals surface area (Å²) in [5.41, 5.74) is 1.09. The van der Waals surface area contributed by atoms with Crippen LogP contribution in [0, 0.1) is 11.6 Å². The third-order valence-electron chi connectivity index (χ3n) is 2.89. The third kappa shape index (κ3) is 2.26. The van der Waals surface area contributed by atoms with Crippen LogP contribution in [-0.2, 0) is 6.54 Å². The van der Waals surface area contributed by atoms with Gasteiger partial charge in [-0.1, -0.05) is 12.1 Å². The fourth-order valence-electron chi connectivity index (χ4n) is 1.95. The summed E-state index contributed by atoms with van der Waals surface area (Å²) in [6.45, 7) is 2.70. The summed E-state index contributed by atoms with van der Waals surface area (Å²) in [6.07, 6.45) is 3.49. The molecule has 1 unspecified atom stereocenters. The van der Waals surface area contributed by atoms with E-state index >= 15 is 0 Å². The van der Waals surface area contributed by atoms with Crippen molar-refractivity contribution in [2.24, 2.45) is 0 Å². The maximum Gasteiger partial charge on any atom is 0.163 e. The Balaban J connectivity index is 2.41. The lowest BCUT2D eigenvalue weighted by Gasteiger charge is -2.15. The zero-order chi connectivity index (χ0) is 13.1. The van der Waals surface area contributed by atoms with Crippen molar-refractivity contribution in [3.05, 3.63) is 53.4 Å². The topological polar surface area (TPSA) is 29.9 Å². The van der Waals surface area contributed by atoms with E-state index in [1.165, 1.54) is 6.07 Å². The first-order chi connectivity index (χ1) is 8.67. The lowest BCUT2D eigenvalue weighted by molar-refractivity contribution is 0.487. The van der Waals surface area contributed by atoms with Crippen LogP contribution in [-0.4, -0.2) is 16.8 Å². The average Bonchev–Trinajstić information content (AvgIpc) is 2.84. The first-order valence-electron chi connectivity index (χ1n) is 5.81. The molecule has 1 aromatic heterocycles. The van der Waals surface area contributed by atoms with E-state index in [1.807, 2.05) is 13.1 Å². The highest BCUT2D eigenvalue weighted by atomic mass is 19.2. The Bertz CT molecular complexity index is 537. The Morgan fingerprint density at radius 1 is 1.39 bits per heavy atom. The van der Waals surface area contributed by atoms with Crippen LogP contribution in [0.3, 0.4) is 0 Å². The van der Waals surface area contributed by atoms with Gasteiger partial charge in [-0.15, -0.1) is 0 Å². The molecule has 0 amide bonds. The monoisotopic (exact) mass is 251 g/mol. The van der Waals surface area contributed by atoms with Gasteiger partial charge in [-0.2, -0.15) is 5.10 Å². The predicted molar refractivity (Wildman–Crippen MR) is 65.2 cm³/mol. The minimum absolute atomic E-state index is 0.285. The molecular formula is C13H15F2N3. The van der Waals surface area contributed by atoms with Crippen molar-refractivity contribution in [1.29, 1.82) is 0 Å². The number of aryl methyl sites for hydroxylation is 1. The van der Waals surface area contributed by atoms with Crippen molar-refractivity contribution in [2.45, 2.75) is 19.5 Å². The summed E-state index contributed by atoms with van der Waals surface area (Å²) >= 11 is 0. The normalized spacial score (nSPS) is 12.7. The molecule has 1 N–H and O–H groups in total. The SMILES string of the molecule is CCn1cc(C(NC)c2cccc(F)c2F)cn1. The maximum absolute atomic E-state index is 13.8. The molecule has 1 aromatic carbocycles. The highest BCUT2D eigenvalue weighted by Gasteiger charge is 2.19. The van der Waals surface area contributed by atoms with Crippen LogP contribution in [0.5, 0.6) is 0 Å². The molecule has 0 saturated heterocycles. The number of rotatable bonds is 4. The van der Waals surface area contributed by atoms with Crippen LogP contribution in [0.1, 0.15) is 24.1 Å². The summed E-state index contributed by atoms with van der Waals surface area (Å²) in [6, 6.07) is 3.78. The van der Waals surface area contributed by atoms with Crippen molar-refractivity contribution >= 4 is 0 Å². The highest BCUT2D eigenvalue weighted by Crippen LogP contribution is 2.25. The van der Waals surface area contributed by atoms with Crippen molar-refractivity contribution < 1.29 is 8.78 Å². The molecule has 1 atom stereocenters. The second-order valence-corrected chi connectivity index (χ2v) is 3.99. The Morgan fingerprint density at radius 2 is 2.17 bits per heavy atom. The highest BCUT2D eigenvalue weighted by molar-refractivity contribution is 5.30. The molecule has 18 heavy (non-hydrogen) atoms. The third-order valence-corrected chi connectivity index (χ3v) is 2.89. The van der Waals surface area contributed by atoms with Gasteiger partial charge in [0.05, 0.1) is 12.2 Å². The Hall–Kier alpha value is -1.75. The molecular weight excluding hydrogens is 236 g/mol. The van der Waals surface area contributed by atoms with Crippen LogP contribution in [0.2, 0.25) is 0 Å². The molecule has 1 heterocycles. The van der Waals surface area contributed by atoms with Gasteiger partial charge in [-0.25, -0.2) is 8.78 Å². The largest absolute Gasteiger partial charge is 0.309 e. The number of benzene rings is 1. The number of halogens is 2. The molecule has 0 radical (unpaired) electrons. The number of hydrogen-bond acceptors (Lipinski definition) is 2. The van der Waals surface area contributed by atoms with Crippen LogP contribution in [0.15, 0.2) is 30.6 Å². The minimum atomic E-state index is -0.837. The van der Waals surface area contributed by atoms with Gasteiger partial charge in [-0.3, -0.25) is 4.68 Å². The van der Waals surface area contributed by atoms with Crippen molar-refractivity contribution in [1.82, 2.24) is 15.1 Å². The Morgan fingerprint density at radius 3 is 2.78 bits per heavy atom. The number of nitrogens with zero attached hydrogens (tertiary/aromatic N) is 2. The molecule has 0 fully saturated rings. The van der Waals surface area contributed by atoms with Gasteiger partial charge in [0.15, 0.2) is 11.6 Å². The molecule has 0 aliphatic heterocycles. The fraction of sp³-hybridized carbons (Fsp3) is 0.308. The van der Waals surface area contributed by atoms with Crippen LogP contribution in [0.4, 0.5) is 8.78 Å². The molecule has 0 spiro atoms. The van der Waals surface area contributed by atoms with Crippen molar-refractivity contribution in [3.8, 4) is 0 Å². The molecule has 0 aliphatic rings. The average molecular weight is 251 g/mol. The predicted octanol–water partition coefficient (Wildman–Crippen LogP) is 2.49. The smallest absolute Gasteiger partial charge is 0.163 e. The van der Waals surface area contributed by atoms with Crippen LogP contribution in [0.25, 0.3) is 0 Å². The zero-order valence-corrected chi connectivity index (χ0v) is 10.3. The van der Waals surface area contributed by atoms with Gasteiger partial charge < -0.3 is 5.32 Å². The van der Waals surface area contributed by atoms with Crippen LogP contribution >= 0.6 is 0 Å². The number of hydrogen-bond donors (Lipinski definition) is 1. The van der Waals surface area contributed by atoms with Gasteiger partial charge >= 0.3 is 0 Å². The summed E-state index contributed by atoms with van der Waals surface area (Å²) < 4.78 is 28.8. The molecule has 96 valence electrons. The first-order valence-corrected chi connectivity index (χ1v) is 5.81. The lowest BCUT2D eigenvalue weighted by atomic mass is 10.0. The summed E-state index contributed by atoms with van der Waals surface area (Å²) in [5.74, 6) is -1.66. The molecule has 0 bridgehead atoms. The Labute approximate surface area is 104 Å². The quantitative estimate of drug-likeness (QED) is 0.904. The van der Waals surface area contributed by atoms with E-state index in [-0.39, 0.29) is 5.56 Å². The zero-order valence-electron chi connectivity index (χ0n) is 10.3. The molecule has 5 heteroatoms.